The SMILES string of the molecule is COC(=O)c1c(NC(=S)NC(C)(C)CC(C)(C)C)sc2c1CCC2. The van der Waals surface area contributed by atoms with Crippen molar-refractivity contribution >= 4 is 39.6 Å². The number of nitrogens with one attached hydrogen (secondary N) is 2. The first-order valence-corrected chi connectivity index (χ1v) is 9.57. The molecule has 24 heavy (non-hydrogen) atoms. The molecule has 0 radical (unpaired) electrons. The van der Waals surface area contributed by atoms with Gasteiger partial charge in [-0.2, -0.15) is 0 Å². The summed E-state index contributed by atoms with van der Waals surface area (Å²) in [5.41, 5.74) is 1.86. The van der Waals surface area contributed by atoms with Gasteiger partial charge in [-0.25, -0.2) is 4.79 Å². The van der Waals surface area contributed by atoms with Gasteiger partial charge < -0.3 is 15.4 Å². The van der Waals surface area contributed by atoms with Crippen molar-refractivity contribution in [3.8, 4) is 0 Å². The molecule has 0 saturated heterocycles. The molecule has 0 aromatic carbocycles. The van der Waals surface area contributed by atoms with Crippen LogP contribution in [0.1, 0.15) is 68.3 Å². The van der Waals surface area contributed by atoms with E-state index in [2.05, 4.69) is 45.3 Å². The summed E-state index contributed by atoms with van der Waals surface area (Å²) in [6.07, 6.45) is 4.05. The normalized spacial score (nSPS) is 14.2. The average molecular weight is 369 g/mol. The number of ether oxygens (including phenoxy) is 1. The van der Waals surface area contributed by atoms with Crippen LogP contribution in [0.4, 0.5) is 5.00 Å². The number of thiocarbonyl (C=S) groups is 1. The van der Waals surface area contributed by atoms with Gasteiger partial charge in [0.25, 0.3) is 0 Å². The third-order valence-corrected chi connectivity index (χ3v) is 5.37. The van der Waals surface area contributed by atoms with Gasteiger partial charge in [-0.1, -0.05) is 20.8 Å². The van der Waals surface area contributed by atoms with Gasteiger partial charge in [-0.05, 0) is 62.7 Å². The van der Waals surface area contributed by atoms with Gasteiger partial charge in [0, 0.05) is 10.4 Å². The fraction of sp³-hybridized carbons (Fsp3) is 0.667. The standard InChI is InChI=1S/C18H28N2O2S2/c1-17(2,3)10-18(4,5)20-16(23)19-14-13(15(21)22-6)11-8-7-9-12(11)24-14/h7-10H2,1-6H3,(H2,19,20,23). The molecule has 0 saturated carbocycles. The molecular weight excluding hydrogens is 340 g/mol. The lowest BCUT2D eigenvalue weighted by Gasteiger charge is -2.34. The highest BCUT2D eigenvalue weighted by atomic mass is 32.1. The quantitative estimate of drug-likeness (QED) is 0.604. The molecule has 0 aliphatic heterocycles. The number of hydrogen-bond donors (Lipinski definition) is 2. The van der Waals surface area contributed by atoms with E-state index in [1.807, 2.05) is 0 Å². The topological polar surface area (TPSA) is 50.4 Å². The number of methoxy groups -OCH3 is 1. The third kappa shape index (κ3) is 4.70. The Bertz CT molecular complexity index is 642. The van der Waals surface area contributed by atoms with Crippen LogP contribution in [0.25, 0.3) is 0 Å². The number of carbonyl (C=O) groups is 1. The Morgan fingerprint density at radius 2 is 1.92 bits per heavy atom. The van der Waals surface area contributed by atoms with Crippen LogP contribution in [0.2, 0.25) is 0 Å². The lowest BCUT2D eigenvalue weighted by Crippen LogP contribution is -2.47. The number of carbonyl (C=O) groups excluding carboxylic acids is 1. The zero-order valence-electron chi connectivity index (χ0n) is 15.5. The molecule has 2 N–H and O–H groups in total. The Labute approximate surface area is 154 Å². The molecule has 1 aromatic rings. The van der Waals surface area contributed by atoms with Crippen LogP contribution in [-0.4, -0.2) is 23.7 Å². The minimum absolute atomic E-state index is 0.131. The van der Waals surface area contributed by atoms with Crippen molar-refractivity contribution in [1.82, 2.24) is 5.32 Å². The second-order valence-electron chi connectivity index (χ2n) is 8.25. The van der Waals surface area contributed by atoms with Gasteiger partial charge in [0.15, 0.2) is 5.11 Å². The number of rotatable bonds is 4. The molecule has 6 heteroatoms. The summed E-state index contributed by atoms with van der Waals surface area (Å²) in [5, 5.41) is 7.97. The smallest absolute Gasteiger partial charge is 0.341 e. The van der Waals surface area contributed by atoms with Crippen molar-refractivity contribution in [2.24, 2.45) is 5.41 Å². The summed E-state index contributed by atoms with van der Waals surface area (Å²) in [6, 6.07) is 0. The summed E-state index contributed by atoms with van der Waals surface area (Å²) in [4.78, 5) is 13.5. The van der Waals surface area contributed by atoms with Crippen LogP contribution in [0.5, 0.6) is 0 Å². The van der Waals surface area contributed by atoms with Gasteiger partial charge >= 0.3 is 5.97 Å². The van der Waals surface area contributed by atoms with E-state index < -0.39 is 0 Å². The third-order valence-electron chi connectivity index (χ3n) is 3.96. The van der Waals surface area contributed by atoms with E-state index in [4.69, 9.17) is 17.0 Å². The Hall–Kier alpha value is -1.14. The van der Waals surface area contributed by atoms with E-state index in [0.717, 1.165) is 36.2 Å². The number of esters is 1. The number of fused-ring (bicyclic) bond motifs is 1. The minimum atomic E-state index is -0.284. The highest BCUT2D eigenvalue weighted by Crippen LogP contribution is 2.39. The second-order valence-corrected chi connectivity index (χ2v) is 9.77. The van der Waals surface area contributed by atoms with Gasteiger partial charge in [0.2, 0.25) is 0 Å². The lowest BCUT2D eigenvalue weighted by molar-refractivity contribution is 0.0601. The number of aryl methyl sites for hydroxylation is 1. The van der Waals surface area contributed by atoms with Gasteiger partial charge in [0.05, 0.1) is 12.7 Å². The largest absolute Gasteiger partial charge is 0.465 e. The zero-order chi connectivity index (χ0) is 18.1. The molecule has 1 heterocycles. The minimum Gasteiger partial charge on any atom is -0.465 e. The molecule has 0 amide bonds. The molecule has 134 valence electrons. The van der Waals surface area contributed by atoms with Crippen LogP contribution in [0.15, 0.2) is 0 Å². The predicted molar refractivity (Wildman–Crippen MR) is 105 cm³/mol. The lowest BCUT2D eigenvalue weighted by atomic mass is 9.82. The Morgan fingerprint density at radius 3 is 2.50 bits per heavy atom. The van der Waals surface area contributed by atoms with E-state index in [9.17, 15) is 4.79 Å². The molecule has 0 fully saturated rings. The number of hydrogen-bond acceptors (Lipinski definition) is 4. The van der Waals surface area contributed by atoms with Crippen molar-refractivity contribution in [2.45, 2.75) is 65.8 Å². The van der Waals surface area contributed by atoms with E-state index in [1.54, 1.807) is 11.3 Å². The van der Waals surface area contributed by atoms with Crippen LogP contribution in [0, 0.1) is 5.41 Å². The molecule has 0 atom stereocenters. The van der Waals surface area contributed by atoms with E-state index >= 15 is 0 Å². The summed E-state index contributed by atoms with van der Waals surface area (Å²) in [6.45, 7) is 10.9. The molecule has 1 aliphatic carbocycles. The number of anilines is 1. The summed E-state index contributed by atoms with van der Waals surface area (Å²) in [5.74, 6) is -0.284. The second kappa shape index (κ2) is 7.00. The first kappa shape index (κ1) is 19.2. The Kier molecular flexibility index (Phi) is 5.60. The molecule has 0 unspecified atom stereocenters. The van der Waals surface area contributed by atoms with Crippen LogP contribution in [-0.2, 0) is 17.6 Å². The van der Waals surface area contributed by atoms with Crippen molar-refractivity contribution < 1.29 is 9.53 Å². The Balaban J connectivity index is 2.14. The summed E-state index contributed by atoms with van der Waals surface area (Å²) >= 11 is 7.12. The van der Waals surface area contributed by atoms with Crippen molar-refractivity contribution in [3.63, 3.8) is 0 Å². The predicted octanol–water partition coefficient (Wildman–Crippen LogP) is 4.52. The van der Waals surface area contributed by atoms with Gasteiger partial charge in [-0.3, -0.25) is 0 Å². The molecule has 2 rings (SSSR count). The number of thiophene rings is 1. The monoisotopic (exact) mass is 368 g/mol. The van der Waals surface area contributed by atoms with E-state index in [0.29, 0.717) is 10.7 Å². The van der Waals surface area contributed by atoms with Crippen molar-refractivity contribution in [2.75, 3.05) is 12.4 Å². The maximum absolute atomic E-state index is 12.2. The van der Waals surface area contributed by atoms with E-state index in [1.165, 1.54) is 12.0 Å². The Morgan fingerprint density at radius 1 is 1.25 bits per heavy atom. The molecule has 0 bridgehead atoms. The molecule has 1 aromatic heterocycles. The fourth-order valence-corrected chi connectivity index (χ4v) is 5.35. The van der Waals surface area contributed by atoms with Crippen LogP contribution in [0.3, 0.4) is 0 Å². The first-order valence-electron chi connectivity index (χ1n) is 8.34. The highest BCUT2D eigenvalue weighted by Gasteiger charge is 2.29. The molecule has 0 spiro atoms. The highest BCUT2D eigenvalue weighted by molar-refractivity contribution is 7.80. The van der Waals surface area contributed by atoms with Crippen molar-refractivity contribution in [3.05, 3.63) is 16.0 Å². The molecule has 4 nitrogen and oxygen atoms in total. The zero-order valence-corrected chi connectivity index (χ0v) is 17.1. The summed E-state index contributed by atoms with van der Waals surface area (Å²) < 4.78 is 4.97. The van der Waals surface area contributed by atoms with Crippen LogP contribution >= 0.6 is 23.6 Å². The van der Waals surface area contributed by atoms with Crippen LogP contribution < -0.4 is 10.6 Å². The maximum Gasteiger partial charge on any atom is 0.341 e. The fourth-order valence-electron chi connectivity index (χ4n) is 3.62. The molecular formula is C18H28N2O2S2. The molecule has 1 aliphatic rings. The van der Waals surface area contributed by atoms with Gasteiger partial charge in [-0.15, -0.1) is 11.3 Å². The first-order chi connectivity index (χ1) is 11.0. The van der Waals surface area contributed by atoms with Crippen molar-refractivity contribution in [1.29, 1.82) is 0 Å². The maximum atomic E-state index is 12.2. The summed E-state index contributed by atoms with van der Waals surface area (Å²) in [7, 11) is 1.42. The van der Waals surface area contributed by atoms with Gasteiger partial charge in [0.1, 0.15) is 5.00 Å². The average Bonchev–Trinajstić information content (AvgIpc) is 2.93. The van der Waals surface area contributed by atoms with E-state index in [-0.39, 0.29) is 16.9 Å².